The number of nitrogens with two attached hydrogens (primary N) is 1. The van der Waals surface area contributed by atoms with Gasteiger partial charge in [0.25, 0.3) is 0 Å². The third-order valence-corrected chi connectivity index (χ3v) is 6.75. The molecule has 7 heteroatoms. The Bertz CT molecular complexity index is 1090. The molecule has 0 bridgehead atoms. The van der Waals surface area contributed by atoms with E-state index < -0.39 is 17.2 Å². The van der Waals surface area contributed by atoms with Crippen LogP contribution in [0.3, 0.4) is 0 Å². The van der Waals surface area contributed by atoms with Crippen LogP contribution >= 0.6 is 0 Å². The molecule has 1 aliphatic carbocycles. The van der Waals surface area contributed by atoms with Gasteiger partial charge in [-0.3, -0.25) is 4.79 Å². The summed E-state index contributed by atoms with van der Waals surface area (Å²) in [7, 11) is 0. The van der Waals surface area contributed by atoms with E-state index in [4.69, 9.17) is 5.73 Å². The minimum absolute atomic E-state index is 0.0134. The van der Waals surface area contributed by atoms with Gasteiger partial charge >= 0.3 is 5.97 Å². The van der Waals surface area contributed by atoms with Crippen molar-refractivity contribution in [3.05, 3.63) is 46.0 Å². The molecule has 2 aromatic rings. The average Bonchev–Trinajstić information content (AvgIpc) is 3.41. The van der Waals surface area contributed by atoms with Crippen molar-refractivity contribution < 1.29 is 14.3 Å². The van der Waals surface area contributed by atoms with Crippen LogP contribution in [-0.4, -0.2) is 34.8 Å². The van der Waals surface area contributed by atoms with E-state index >= 15 is 4.39 Å². The molecule has 1 aromatic heterocycles. The number of carbonyl (C=O) groups is 1. The summed E-state index contributed by atoms with van der Waals surface area (Å²) < 4.78 is 17.1. The Morgan fingerprint density at radius 3 is 2.74 bits per heavy atom. The summed E-state index contributed by atoms with van der Waals surface area (Å²) in [5, 5.41) is 9.62. The van der Waals surface area contributed by atoms with Gasteiger partial charge in [-0.15, -0.1) is 0 Å². The number of hydrogen-bond donors (Lipinski definition) is 2. The molecule has 3 N–H and O–H groups in total. The van der Waals surface area contributed by atoms with Crippen molar-refractivity contribution in [2.24, 2.45) is 17.6 Å². The van der Waals surface area contributed by atoms with Gasteiger partial charge in [0.2, 0.25) is 5.43 Å². The van der Waals surface area contributed by atoms with Crippen molar-refractivity contribution in [3.8, 4) is 0 Å². The number of aromatic carboxylic acids is 1. The van der Waals surface area contributed by atoms with Crippen LogP contribution in [0.4, 0.5) is 10.1 Å². The molecular formula is C24H30FN3O3. The monoisotopic (exact) mass is 427 g/mol. The summed E-state index contributed by atoms with van der Waals surface area (Å²) in [6.45, 7) is 7.75. The zero-order chi connectivity index (χ0) is 22.3. The number of fused-ring (bicyclic) bond motifs is 1. The number of anilines is 1. The summed E-state index contributed by atoms with van der Waals surface area (Å²) in [5.41, 5.74) is 6.59. The minimum atomic E-state index is -1.30. The van der Waals surface area contributed by atoms with E-state index in [1.54, 1.807) is 6.08 Å². The summed E-state index contributed by atoms with van der Waals surface area (Å²) in [4.78, 5) is 26.5. The second kappa shape index (κ2) is 8.46. The predicted octanol–water partition coefficient (Wildman–Crippen LogP) is 3.85. The van der Waals surface area contributed by atoms with Gasteiger partial charge in [0.1, 0.15) is 11.4 Å². The van der Waals surface area contributed by atoms with Crippen molar-refractivity contribution in [2.45, 2.75) is 51.6 Å². The highest BCUT2D eigenvalue weighted by Crippen LogP contribution is 2.37. The molecule has 1 aliphatic heterocycles. The van der Waals surface area contributed by atoms with Crippen LogP contribution in [0.1, 0.15) is 54.9 Å². The lowest BCUT2D eigenvalue weighted by molar-refractivity contribution is 0.0694. The second-order valence-electron chi connectivity index (χ2n) is 9.03. The molecule has 2 atom stereocenters. The lowest BCUT2D eigenvalue weighted by atomic mass is 10.0. The van der Waals surface area contributed by atoms with E-state index in [0.29, 0.717) is 36.4 Å². The molecule has 0 spiro atoms. The van der Waals surface area contributed by atoms with Crippen molar-refractivity contribution in [1.82, 2.24) is 4.57 Å². The summed E-state index contributed by atoms with van der Waals surface area (Å²) in [6.07, 6.45) is 8.29. The highest BCUT2D eigenvalue weighted by atomic mass is 19.1. The van der Waals surface area contributed by atoms with Gasteiger partial charge in [0.05, 0.1) is 16.6 Å². The molecule has 1 saturated carbocycles. The Labute approximate surface area is 181 Å². The van der Waals surface area contributed by atoms with Gasteiger partial charge in [-0.2, -0.15) is 0 Å². The van der Waals surface area contributed by atoms with Gasteiger partial charge in [-0.05, 0) is 44.1 Å². The Morgan fingerprint density at radius 2 is 2.16 bits per heavy atom. The van der Waals surface area contributed by atoms with Crippen LogP contribution in [-0.2, 0) is 6.54 Å². The first-order chi connectivity index (χ1) is 14.8. The van der Waals surface area contributed by atoms with E-state index in [9.17, 15) is 14.7 Å². The van der Waals surface area contributed by atoms with Gasteiger partial charge in [-0.1, -0.05) is 25.5 Å². The van der Waals surface area contributed by atoms with Crippen LogP contribution in [0.2, 0.25) is 0 Å². The zero-order valence-corrected chi connectivity index (χ0v) is 17.9. The predicted molar refractivity (Wildman–Crippen MR) is 121 cm³/mol. The highest BCUT2D eigenvalue weighted by Gasteiger charge is 2.30. The van der Waals surface area contributed by atoms with E-state index in [-0.39, 0.29) is 22.9 Å². The topological polar surface area (TPSA) is 88.6 Å². The number of halogens is 1. The molecule has 0 amide bonds. The molecular weight excluding hydrogens is 397 g/mol. The van der Waals surface area contributed by atoms with Gasteiger partial charge < -0.3 is 20.3 Å². The van der Waals surface area contributed by atoms with Gasteiger partial charge in [-0.25, -0.2) is 9.18 Å². The average molecular weight is 428 g/mol. The van der Waals surface area contributed by atoms with Crippen molar-refractivity contribution in [1.29, 1.82) is 0 Å². The number of aromatic nitrogens is 1. The van der Waals surface area contributed by atoms with Gasteiger partial charge in [0.15, 0.2) is 0 Å². The Kier molecular flexibility index (Phi) is 5.88. The largest absolute Gasteiger partial charge is 0.477 e. The Morgan fingerprint density at radius 1 is 1.42 bits per heavy atom. The third kappa shape index (κ3) is 4.11. The molecule has 31 heavy (non-hydrogen) atoms. The number of rotatable bonds is 8. The normalized spacial score (nSPS) is 19.7. The Hall–Kier alpha value is -2.67. The van der Waals surface area contributed by atoms with Crippen molar-refractivity contribution in [2.75, 3.05) is 18.0 Å². The van der Waals surface area contributed by atoms with Crippen LogP contribution in [0.5, 0.6) is 0 Å². The van der Waals surface area contributed by atoms with E-state index in [1.165, 1.54) is 25.1 Å². The first kappa shape index (κ1) is 21.6. The van der Waals surface area contributed by atoms with Crippen LogP contribution < -0.4 is 16.1 Å². The molecule has 2 fully saturated rings. The molecule has 2 heterocycles. The smallest absolute Gasteiger partial charge is 0.341 e. The molecule has 6 nitrogen and oxygen atoms in total. The lowest BCUT2D eigenvalue weighted by Crippen LogP contribution is -2.30. The summed E-state index contributed by atoms with van der Waals surface area (Å²) in [5.74, 6) is -0.817. The number of nitrogens with zero attached hydrogens (tertiary/aromatic N) is 2. The summed E-state index contributed by atoms with van der Waals surface area (Å²) >= 11 is 0. The summed E-state index contributed by atoms with van der Waals surface area (Å²) in [6, 6.07) is 1.21. The first-order valence-electron chi connectivity index (χ1n) is 11.1. The molecule has 1 saturated heterocycles. The zero-order valence-electron chi connectivity index (χ0n) is 17.9. The minimum Gasteiger partial charge on any atom is -0.477 e. The van der Waals surface area contributed by atoms with Crippen LogP contribution in [0.15, 0.2) is 23.6 Å². The Balaban J connectivity index is 1.87. The van der Waals surface area contributed by atoms with E-state index in [1.807, 2.05) is 16.4 Å². The number of pyridine rings is 1. The first-order valence-corrected chi connectivity index (χ1v) is 11.1. The number of benzene rings is 1. The number of hydrogen-bond acceptors (Lipinski definition) is 4. The fourth-order valence-electron chi connectivity index (χ4n) is 4.78. The highest BCUT2D eigenvalue weighted by molar-refractivity contribution is 5.98. The maximum absolute atomic E-state index is 15.3. The van der Waals surface area contributed by atoms with E-state index in [2.05, 4.69) is 6.58 Å². The number of aryl methyl sites for hydroxylation is 1. The maximum atomic E-state index is 15.3. The number of carboxylic acid groups (broad SMARTS) is 1. The molecule has 2 unspecified atom stereocenters. The molecule has 4 rings (SSSR count). The molecule has 1 aromatic carbocycles. The van der Waals surface area contributed by atoms with Crippen LogP contribution in [0, 0.1) is 17.7 Å². The van der Waals surface area contributed by atoms with E-state index in [0.717, 1.165) is 25.2 Å². The van der Waals surface area contributed by atoms with Gasteiger partial charge in [0, 0.05) is 37.4 Å². The SMILES string of the molecule is C=Cc1c(N2CCC(C(C)N)C2)c(F)cc2c(=O)c(C(=O)O)cn(CCCC3CC3)c12. The molecule has 0 radical (unpaired) electrons. The molecule has 166 valence electrons. The fraction of sp³-hybridized carbons (Fsp3) is 0.500. The van der Waals surface area contributed by atoms with Crippen molar-refractivity contribution in [3.63, 3.8) is 0 Å². The quantitative estimate of drug-likeness (QED) is 0.668. The number of carboxylic acids is 1. The van der Waals surface area contributed by atoms with Crippen LogP contribution in [0.25, 0.3) is 17.0 Å². The molecule has 2 aliphatic rings. The maximum Gasteiger partial charge on any atom is 0.341 e. The third-order valence-electron chi connectivity index (χ3n) is 6.75. The second-order valence-corrected chi connectivity index (χ2v) is 9.03. The standard InChI is InChI=1S/C24H30FN3O3/c1-3-17-21-18(11-20(25)22(17)28-10-8-16(12-28)14(2)26)23(29)19(24(30)31)13-27(21)9-4-5-15-6-7-15/h3,11,13-16H,1,4-10,12,26H2,2H3,(H,30,31). The lowest BCUT2D eigenvalue weighted by Gasteiger charge is -2.25. The van der Waals surface area contributed by atoms with Crippen molar-refractivity contribution >= 4 is 28.6 Å². The fourth-order valence-corrected chi connectivity index (χ4v) is 4.78.